The zero-order valence-corrected chi connectivity index (χ0v) is 9.02. The largest absolute Gasteiger partial charge is 0.496 e. The lowest BCUT2D eigenvalue weighted by Crippen LogP contribution is -1.97. The predicted molar refractivity (Wildman–Crippen MR) is 59.0 cm³/mol. The Hall–Kier alpha value is -2.28. The Bertz CT molecular complexity index is 484. The van der Waals surface area contributed by atoms with Gasteiger partial charge in [0.2, 0.25) is 0 Å². The van der Waals surface area contributed by atoms with Gasteiger partial charge in [-0.1, -0.05) is 6.07 Å². The molecule has 0 unspecified atom stereocenters. The van der Waals surface area contributed by atoms with Gasteiger partial charge in [-0.25, -0.2) is 4.79 Å². The third-order valence-corrected chi connectivity index (χ3v) is 2.08. The zero-order valence-electron chi connectivity index (χ0n) is 9.02. The number of ether oxygens (including phenoxy) is 1. The van der Waals surface area contributed by atoms with Gasteiger partial charge < -0.3 is 9.84 Å². The van der Waals surface area contributed by atoms with Crippen molar-refractivity contribution >= 4 is 12.0 Å². The van der Waals surface area contributed by atoms with E-state index in [-0.39, 0.29) is 5.57 Å². The molecule has 82 valence electrons. The summed E-state index contributed by atoms with van der Waals surface area (Å²) >= 11 is 0. The molecule has 0 aromatic heterocycles. The van der Waals surface area contributed by atoms with Crippen molar-refractivity contribution in [2.75, 3.05) is 7.11 Å². The monoisotopic (exact) mass is 217 g/mol. The van der Waals surface area contributed by atoms with Crippen LogP contribution in [0.5, 0.6) is 5.75 Å². The highest BCUT2D eigenvalue weighted by molar-refractivity contribution is 5.96. The number of methoxy groups -OCH3 is 1. The van der Waals surface area contributed by atoms with E-state index in [1.54, 1.807) is 31.4 Å². The van der Waals surface area contributed by atoms with Crippen LogP contribution < -0.4 is 4.74 Å². The Kier molecular flexibility index (Phi) is 3.67. The van der Waals surface area contributed by atoms with Gasteiger partial charge in [0.1, 0.15) is 17.4 Å². The highest BCUT2D eigenvalue weighted by atomic mass is 16.5. The fourth-order valence-corrected chi connectivity index (χ4v) is 1.30. The number of nitrogens with zero attached hydrogens (tertiary/aromatic N) is 1. The van der Waals surface area contributed by atoms with Crippen molar-refractivity contribution in [3.63, 3.8) is 0 Å². The second-order valence-electron chi connectivity index (χ2n) is 3.20. The van der Waals surface area contributed by atoms with E-state index in [4.69, 9.17) is 15.1 Å². The first kappa shape index (κ1) is 11.8. The molecule has 1 aromatic carbocycles. The molecule has 0 saturated heterocycles. The first-order chi connectivity index (χ1) is 7.58. The molecule has 0 fully saturated rings. The Morgan fingerprint density at radius 1 is 1.56 bits per heavy atom. The van der Waals surface area contributed by atoms with Crippen molar-refractivity contribution < 1.29 is 14.6 Å². The molecule has 4 nitrogen and oxygen atoms in total. The van der Waals surface area contributed by atoms with E-state index >= 15 is 0 Å². The molecule has 0 amide bonds. The number of aliphatic carboxylic acids is 1. The molecule has 0 spiro atoms. The van der Waals surface area contributed by atoms with Crippen LogP contribution >= 0.6 is 0 Å². The second-order valence-corrected chi connectivity index (χ2v) is 3.20. The SMILES string of the molecule is COc1ccc(/C=C(/C#N)C(=O)O)cc1C. The van der Waals surface area contributed by atoms with Gasteiger partial charge in [0.15, 0.2) is 0 Å². The minimum absolute atomic E-state index is 0.287. The van der Waals surface area contributed by atoms with Gasteiger partial charge in [0.25, 0.3) is 0 Å². The summed E-state index contributed by atoms with van der Waals surface area (Å²) in [4.78, 5) is 10.6. The maximum atomic E-state index is 10.6. The third-order valence-electron chi connectivity index (χ3n) is 2.08. The quantitative estimate of drug-likeness (QED) is 0.621. The topological polar surface area (TPSA) is 70.3 Å². The number of carboxylic acid groups (broad SMARTS) is 1. The smallest absolute Gasteiger partial charge is 0.346 e. The lowest BCUT2D eigenvalue weighted by atomic mass is 10.1. The molecule has 0 heterocycles. The molecule has 0 atom stereocenters. The normalized spacial score (nSPS) is 10.7. The Labute approximate surface area is 93.4 Å². The number of rotatable bonds is 3. The molecule has 1 rings (SSSR count). The summed E-state index contributed by atoms with van der Waals surface area (Å²) in [7, 11) is 1.57. The summed E-state index contributed by atoms with van der Waals surface area (Å²) in [6, 6.07) is 6.83. The van der Waals surface area contributed by atoms with Crippen molar-refractivity contribution in [1.29, 1.82) is 5.26 Å². The average Bonchev–Trinajstić information content (AvgIpc) is 2.25. The molecule has 0 aliphatic carbocycles. The first-order valence-electron chi connectivity index (χ1n) is 4.58. The van der Waals surface area contributed by atoms with Crippen LogP contribution in [0, 0.1) is 18.3 Å². The molecule has 0 saturated carbocycles. The molecule has 4 heteroatoms. The van der Waals surface area contributed by atoms with Crippen LogP contribution in [0.3, 0.4) is 0 Å². The number of carbonyl (C=O) groups is 1. The van der Waals surface area contributed by atoms with Gasteiger partial charge in [-0.15, -0.1) is 0 Å². The second kappa shape index (κ2) is 4.99. The molecule has 0 radical (unpaired) electrons. The molecule has 0 aliphatic rings. The Morgan fingerprint density at radius 3 is 2.69 bits per heavy atom. The predicted octanol–water partition coefficient (Wildman–Crippen LogP) is 2.00. The number of benzene rings is 1. The van der Waals surface area contributed by atoms with Crippen LogP contribution in [-0.2, 0) is 4.79 Å². The number of nitriles is 1. The van der Waals surface area contributed by atoms with Gasteiger partial charge in [0.05, 0.1) is 7.11 Å². The maximum Gasteiger partial charge on any atom is 0.346 e. The van der Waals surface area contributed by atoms with E-state index in [0.717, 1.165) is 11.3 Å². The van der Waals surface area contributed by atoms with E-state index in [9.17, 15) is 4.79 Å². The van der Waals surface area contributed by atoms with Crippen LogP contribution in [0.1, 0.15) is 11.1 Å². The van der Waals surface area contributed by atoms with Crippen LogP contribution in [0.2, 0.25) is 0 Å². The standard InChI is InChI=1S/C12H11NO3/c1-8-5-9(3-4-11(8)16-2)6-10(7-13)12(14)15/h3-6H,1-2H3,(H,14,15)/b10-6-. The van der Waals surface area contributed by atoms with Gasteiger partial charge in [-0.3, -0.25) is 0 Å². The van der Waals surface area contributed by atoms with Crippen LogP contribution in [0.25, 0.3) is 6.08 Å². The third kappa shape index (κ3) is 2.61. The molecule has 16 heavy (non-hydrogen) atoms. The van der Waals surface area contributed by atoms with Crippen molar-refractivity contribution in [1.82, 2.24) is 0 Å². The molecular weight excluding hydrogens is 206 g/mol. The van der Waals surface area contributed by atoms with Crippen LogP contribution in [0.15, 0.2) is 23.8 Å². The molecular formula is C12H11NO3. The summed E-state index contributed by atoms with van der Waals surface area (Å²) in [6.07, 6.45) is 1.33. The summed E-state index contributed by atoms with van der Waals surface area (Å²) in [5.74, 6) is -0.498. The van der Waals surface area contributed by atoms with E-state index < -0.39 is 5.97 Å². The molecule has 1 aromatic rings. The van der Waals surface area contributed by atoms with Gasteiger partial charge in [-0.05, 0) is 36.3 Å². The van der Waals surface area contributed by atoms with Crippen LogP contribution in [-0.4, -0.2) is 18.2 Å². The van der Waals surface area contributed by atoms with Crippen molar-refractivity contribution in [3.05, 3.63) is 34.9 Å². The van der Waals surface area contributed by atoms with Crippen molar-refractivity contribution in [3.8, 4) is 11.8 Å². The van der Waals surface area contributed by atoms with Crippen LogP contribution in [0.4, 0.5) is 0 Å². The van der Waals surface area contributed by atoms with Crippen molar-refractivity contribution in [2.45, 2.75) is 6.92 Å². The number of hydrogen-bond donors (Lipinski definition) is 1. The summed E-state index contributed by atoms with van der Waals surface area (Å²) in [6.45, 7) is 1.85. The lowest BCUT2D eigenvalue weighted by Gasteiger charge is -2.04. The maximum absolute atomic E-state index is 10.6. The molecule has 1 N–H and O–H groups in total. The number of aryl methyl sites for hydroxylation is 1. The minimum atomic E-state index is -1.23. The minimum Gasteiger partial charge on any atom is -0.496 e. The van der Waals surface area contributed by atoms with E-state index in [2.05, 4.69) is 0 Å². The molecule has 0 bridgehead atoms. The first-order valence-corrected chi connectivity index (χ1v) is 4.58. The molecule has 0 aliphatic heterocycles. The lowest BCUT2D eigenvalue weighted by molar-refractivity contribution is -0.132. The average molecular weight is 217 g/mol. The van der Waals surface area contributed by atoms with Gasteiger partial charge >= 0.3 is 5.97 Å². The van der Waals surface area contributed by atoms with Crippen molar-refractivity contribution in [2.24, 2.45) is 0 Å². The van der Waals surface area contributed by atoms with Gasteiger partial charge in [0, 0.05) is 0 Å². The van der Waals surface area contributed by atoms with Gasteiger partial charge in [-0.2, -0.15) is 5.26 Å². The summed E-state index contributed by atoms with van der Waals surface area (Å²) in [5.41, 5.74) is 1.26. The fourth-order valence-electron chi connectivity index (χ4n) is 1.30. The number of hydrogen-bond acceptors (Lipinski definition) is 3. The zero-order chi connectivity index (χ0) is 12.1. The highest BCUT2D eigenvalue weighted by Crippen LogP contribution is 2.19. The Morgan fingerprint density at radius 2 is 2.25 bits per heavy atom. The fraction of sp³-hybridized carbons (Fsp3) is 0.167. The summed E-state index contributed by atoms with van der Waals surface area (Å²) < 4.78 is 5.08. The number of carboxylic acids is 1. The Balaban J connectivity index is 3.12. The van der Waals surface area contributed by atoms with E-state index in [1.165, 1.54) is 6.08 Å². The highest BCUT2D eigenvalue weighted by Gasteiger charge is 2.06. The van der Waals surface area contributed by atoms with E-state index in [1.807, 2.05) is 6.92 Å². The summed E-state index contributed by atoms with van der Waals surface area (Å²) in [5, 5.41) is 17.3. The van der Waals surface area contributed by atoms with E-state index in [0.29, 0.717) is 5.56 Å².